The van der Waals surface area contributed by atoms with Gasteiger partial charge in [-0.25, -0.2) is 4.79 Å². The highest BCUT2D eigenvalue weighted by molar-refractivity contribution is 8.03. The van der Waals surface area contributed by atoms with Crippen molar-refractivity contribution in [2.75, 3.05) is 20.6 Å². The van der Waals surface area contributed by atoms with Crippen molar-refractivity contribution < 1.29 is 24.6 Å². The van der Waals surface area contributed by atoms with Gasteiger partial charge in [-0.2, -0.15) is 0 Å². The standard InChI is InChI=1S/C24H31N3O5S/c1-13-19-18(14(2)28)23(30)27(19)20(24(31)32)21(13)33-16-10-17(22(29)25(3)4)26(12-16)11-15-8-6-5-7-9-15/h5-9,13-14,16-19,28H,10-12H2,1-4H3,(H,31,32)/t13-,14-,16?,17?,18-,19-/m1/s1. The smallest absolute Gasteiger partial charge is 0.353 e. The van der Waals surface area contributed by atoms with Crippen LogP contribution in [-0.2, 0) is 20.9 Å². The molecule has 33 heavy (non-hydrogen) atoms. The topological polar surface area (TPSA) is 101 Å². The number of carbonyl (C=O) groups excluding carboxylic acids is 2. The van der Waals surface area contributed by atoms with Gasteiger partial charge in [0.2, 0.25) is 11.8 Å². The summed E-state index contributed by atoms with van der Waals surface area (Å²) >= 11 is 1.48. The molecule has 2 fully saturated rings. The second kappa shape index (κ2) is 9.12. The first-order valence-electron chi connectivity index (χ1n) is 11.3. The molecule has 0 saturated carbocycles. The number of nitrogens with zero attached hydrogens (tertiary/aromatic N) is 3. The lowest BCUT2D eigenvalue weighted by molar-refractivity contribution is -0.163. The summed E-state index contributed by atoms with van der Waals surface area (Å²) < 4.78 is 0. The Balaban J connectivity index is 1.57. The van der Waals surface area contributed by atoms with E-state index in [1.54, 1.807) is 25.9 Å². The van der Waals surface area contributed by atoms with Crippen LogP contribution < -0.4 is 0 Å². The van der Waals surface area contributed by atoms with E-state index in [0.29, 0.717) is 24.4 Å². The Morgan fingerprint density at radius 2 is 1.91 bits per heavy atom. The molecule has 2 N–H and O–H groups in total. The maximum Gasteiger partial charge on any atom is 0.353 e. The molecule has 6 atom stereocenters. The average Bonchev–Trinajstić information content (AvgIpc) is 3.25. The minimum Gasteiger partial charge on any atom is -0.477 e. The van der Waals surface area contributed by atoms with E-state index in [1.165, 1.54) is 16.7 Å². The molecule has 1 aromatic carbocycles. The van der Waals surface area contributed by atoms with E-state index >= 15 is 0 Å². The van der Waals surface area contributed by atoms with Crippen LogP contribution in [0.15, 0.2) is 40.9 Å². The van der Waals surface area contributed by atoms with E-state index in [-0.39, 0.29) is 40.8 Å². The molecule has 0 bridgehead atoms. The van der Waals surface area contributed by atoms with Gasteiger partial charge in [-0.1, -0.05) is 37.3 Å². The van der Waals surface area contributed by atoms with Gasteiger partial charge in [0.05, 0.1) is 24.1 Å². The van der Waals surface area contributed by atoms with Crippen LogP contribution in [0.25, 0.3) is 0 Å². The van der Waals surface area contributed by atoms with Gasteiger partial charge in [0, 0.05) is 43.3 Å². The number of aliphatic hydroxyl groups is 1. The van der Waals surface area contributed by atoms with Crippen LogP contribution in [-0.4, -0.2) is 86.8 Å². The zero-order valence-electron chi connectivity index (χ0n) is 19.3. The Labute approximate surface area is 198 Å². The van der Waals surface area contributed by atoms with Crippen molar-refractivity contribution in [3.05, 3.63) is 46.5 Å². The molecular weight excluding hydrogens is 442 g/mol. The third-order valence-corrected chi connectivity index (χ3v) is 8.42. The van der Waals surface area contributed by atoms with Crippen LogP contribution in [0.4, 0.5) is 0 Å². The Bertz CT molecular complexity index is 980. The van der Waals surface area contributed by atoms with Crippen LogP contribution in [0.1, 0.15) is 25.8 Å². The minimum absolute atomic E-state index is 0.0215. The van der Waals surface area contributed by atoms with Crippen molar-refractivity contribution in [2.45, 2.75) is 50.3 Å². The molecule has 0 radical (unpaired) electrons. The summed E-state index contributed by atoms with van der Waals surface area (Å²) in [6.07, 6.45) is -0.216. The van der Waals surface area contributed by atoms with Gasteiger partial charge in [-0.15, -0.1) is 11.8 Å². The highest BCUT2D eigenvalue weighted by atomic mass is 32.2. The van der Waals surface area contributed by atoms with E-state index < -0.39 is 18.0 Å². The third kappa shape index (κ3) is 4.18. The summed E-state index contributed by atoms with van der Waals surface area (Å²) in [5.74, 6) is -2.16. The molecule has 178 valence electrons. The van der Waals surface area contributed by atoms with Gasteiger partial charge in [0.1, 0.15) is 5.70 Å². The molecule has 3 heterocycles. The fraction of sp³-hybridized carbons (Fsp3) is 0.542. The molecule has 2 saturated heterocycles. The Kier molecular flexibility index (Phi) is 6.57. The van der Waals surface area contributed by atoms with Crippen molar-refractivity contribution in [3.63, 3.8) is 0 Å². The quantitative estimate of drug-likeness (QED) is 0.580. The highest BCUT2D eigenvalue weighted by Gasteiger charge is 2.60. The second-order valence-electron chi connectivity index (χ2n) is 9.41. The number of thioether (sulfide) groups is 1. The van der Waals surface area contributed by atoms with Crippen molar-refractivity contribution in [1.29, 1.82) is 0 Å². The number of fused-ring (bicyclic) bond motifs is 1. The van der Waals surface area contributed by atoms with Crippen molar-refractivity contribution >= 4 is 29.5 Å². The normalized spacial score (nSPS) is 30.3. The van der Waals surface area contributed by atoms with Crippen LogP contribution >= 0.6 is 11.8 Å². The fourth-order valence-corrected chi connectivity index (χ4v) is 6.91. The Morgan fingerprint density at radius 3 is 2.48 bits per heavy atom. The lowest BCUT2D eigenvalue weighted by atomic mass is 9.79. The number of carboxylic acids is 1. The summed E-state index contributed by atoms with van der Waals surface area (Å²) in [5.41, 5.74) is 1.16. The van der Waals surface area contributed by atoms with Crippen LogP contribution in [0, 0.1) is 11.8 Å². The predicted octanol–water partition coefficient (Wildman–Crippen LogP) is 1.60. The minimum atomic E-state index is -1.12. The number of hydrogen-bond donors (Lipinski definition) is 2. The summed E-state index contributed by atoms with van der Waals surface area (Å²) in [7, 11) is 3.50. The second-order valence-corrected chi connectivity index (χ2v) is 10.8. The maximum absolute atomic E-state index is 12.9. The molecule has 0 aliphatic carbocycles. The lowest BCUT2D eigenvalue weighted by Crippen LogP contribution is -2.63. The SMILES string of the molecule is C[C@@H](O)[C@H]1C(=O)N2C(C(=O)O)=C(SC3CC(C(=O)N(C)C)N(Cc4ccccc4)C3)[C@H](C)[C@H]12. The fourth-order valence-electron chi connectivity index (χ4n) is 5.35. The van der Waals surface area contributed by atoms with Gasteiger partial charge in [0.15, 0.2) is 0 Å². The molecule has 2 unspecified atom stereocenters. The molecule has 8 nitrogen and oxygen atoms in total. The number of benzene rings is 1. The van der Waals surface area contributed by atoms with E-state index in [1.807, 2.05) is 37.3 Å². The molecule has 4 rings (SSSR count). The Morgan fingerprint density at radius 1 is 1.24 bits per heavy atom. The van der Waals surface area contributed by atoms with Crippen molar-refractivity contribution in [1.82, 2.24) is 14.7 Å². The summed E-state index contributed by atoms with van der Waals surface area (Å²) in [6.45, 7) is 4.79. The molecule has 1 aromatic rings. The number of amides is 2. The molecule has 3 aliphatic rings. The van der Waals surface area contributed by atoms with E-state index in [9.17, 15) is 24.6 Å². The third-order valence-electron chi connectivity index (χ3n) is 6.92. The highest BCUT2D eigenvalue weighted by Crippen LogP contribution is 2.52. The van der Waals surface area contributed by atoms with Gasteiger partial charge in [-0.3, -0.25) is 14.5 Å². The zero-order valence-corrected chi connectivity index (χ0v) is 20.2. The van der Waals surface area contributed by atoms with Crippen LogP contribution in [0.2, 0.25) is 0 Å². The van der Waals surface area contributed by atoms with Crippen LogP contribution in [0.5, 0.6) is 0 Å². The van der Waals surface area contributed by atoms with Crippen molar-refractivity contribution in [2.24, 2.45) is 11.8 Å². The number of aliphatic carboxylic acids is 1. The average molecular weight is 474 g/mol. The molecule has 0 aromatic heterocycles. The number of hydrogen-bond acceptors (Lipinski definition) is 6. The zero-order chi connectivity index (χ0) is 24.0. The van der Waals surface area contributed by atoms with Gasteiger partial charge in [-0.05, 0) is 18.9 Å². The van der Waals surface area contributed by atoms with E-state index in [2.05, 4.69) is 4.90 Å². The maximum atomic E-state index is 12.9. The summed E-state index contributed by atoms with van der Waals surface area (Å²) in [6, 6.07) is 9.37. The molecule has 9 heteroatoms. The molecule has 3 aliphatic heterocycles. The number of carbonyl (C=O) groups is 3. The first kappa shape index (κ1) is 23.8. The largest absolute Gasteiger partial charge is 0.477 e. The van der Waals surface area contributed by atoms with E-state index in [0.717, 1.165) is 5.56 Å². The van der Waals surface area contributed by atoms with Gasteiger partial charge >= 0.3 is 5.97 Å². The number of β-lactam (4-membered cyclic amide) rings is 1. The first-order valence-corrected chi connectivity index (χ1v) is 12.1. The number of likely N-dealkylation sites (N-methyl/N-ethyl adjacent to an activating group) is 1. The van der Waals surface area contributed by atoms with Gasteiger partial charge < -0.3 is 20.0 Å². The van der Waals surface area contributed by atoms with Gasteiger partial charge in [0.25, 0.3) is 0 Å². The summed E-state index contributed by atoms with van der Waals surface area (Å²) in [4.78, 5) is 43.4. The summed E-state index contributed by atoms with van der Waals surface area (Å²) in [5, 5.41) is 20.0. The number of aliphatic hydroxyl groups excluding tert-OH is 1. The first-order chi connectivity index (χ1) is 15.6. The number of carboxylic acid groups (broad SMARTS) is 1. The monoisotopic (exact) mass is 473 g/mol. The Hall–Kier alpha value is -2.36. The number of likely N-dealkylation sites (tertiary alicyclic amines) is 1. The van der Waals surface area contributed by atoms with E-state index in [4.69, 9.17) is 0 Å². The van der Waals surface area contributed by atoms with Crippen LogP contribution in [0.3, 0.4) is 0 Å². The molecule has 2 amide bonds. The van der Waals surface area contributed by atoms with Crippen molar-refractivity contribution in [3.8, 4) is 0 Å². The lowest BCUT2D eigenvalue weighted by Gasteiger charge is -2.46. The predicted molar refractivity (Wildman–Crippen MR) is 125 cm³/mol. The number of rotatable bonds is 7. The molecular formula is C24H31N3O5S. The molecule has 0 spiro atoms.